The number of phenols is 1. The molecule has 4 N–H and O–H groups in total. The number of carbonyl (C=O) groups excluding carboxylic acids is 2. The highest BCUT2D eigenvalue weighted by Gasteiger charge is 2.28. The monoisotopic (exact) mass is 508 g/mol. The van der Waals surface area contributed by atoms with E-state index in [4.69, 9.17) is 19.4 Å². The maximum atomic E-state index is 12.6. The van der Waals surface area contributed by atoms with Gasteiger partial charge in [-0.15, -0.1) is 0 Å². The number of methoxy groups -OCH3 is 2. The number of ether oxygens (including phenoxy) is 3. The average molecular weight is 509 g/mol. The number of hydrogen-bond donors (Lipinski definition) is 4. The van der Waals surface area contributed by atoms with E-state index in [9.17, 15) is 14.7 Å². The normalized spacial score (nSPS) is 12.8. The van der Waals surface area contributed by atoms with E-state index in [0.29, 0.717) is 24.1 Å². The van der Waals surface area contributed by atoms with Crippen LogP contribution in [0.15, 0.2) is 59.1 Å². The molecule has 0 fully saturated rings. The van der Waals surface area contributed by atoms with Crippen LogP contribution in [0.2, 0.25) is 0 Å². The van der Waals surface area contributed by atoms with Crippen LogP contribution in [0.3, 0.4) is 0 Å². The fourth-order valence-electron chi connectivity index (χ4n) is 2.92. The molecule has 0 saturated heterocycles. The van der Waals surface area contributed by atoms with E-state index in [1.807, 2.05) is 0 Å². The molecule has 2 amide bonds. The van der Waals surface area contributed by atoms with Crippen LogP contribution < -0.4 is 15.5 Å². The summed E-state index contributed by atoms with van der Waals surface area (Å²) in [5, 5.41) is 21.4. The number of amides is 2. The second kappa shape index (κ2) is 12.7. The van der Waals surface area contributed by atoms with Gasteiger partial charge in [0.2, 0.25) is 0 Å². The van der Waals surface area contributed by atoms with Crippen LogP contribution >= 0.6 is 15.9 Å². The van der Waals surface area contributed by atoms with Gasteiger partial charge in [0.15, 0.2) is 17.6 Å². The average Bonchev–Trinajstić information content (AvgIpc) is 2.79. The first-order valence-corrected chi connectivity index (χ1v) is 10.4. The predicted molar refractivity (Wildman–Crippen MR) is 121 cm³/mol. The van der Waals surface area contributed by atoms with E-state index < -0.39 is 24.2 Å². The molecule has 2 rings (SSSR count). The molecule has 0 aliphatic carbocycles. The molecule has 0 aromatic heterocycles. The van der Waals surface area contributed by atoms with Gasteiger partial charge >= 0.3 is 6.09 Å². The fourth-order valence-corrected chi connectivity index (χ4v) is 3.18. The van der Waals surface area contributed by atoms with Gasteiger partial charge in [-0.2, -0.15) is 0 Å². The minimum Gasteiger partial charge on any atom is -0.504 e. The lowest BCUT2D eigenvalue weighted by Gasteiger charge is -2.26. The van der Waals surface area contributed by atoms with Gasteiger partial charge in [-0.05, 0) is 54.8 Å². The molecule has 10 heteroatoms. The van der Waals surface area contributed by atoms with Gasteiger partial charge in [0.05, 0.1) is 13.2 Å². The summed E-state index contributed by atoms with van der Waals surface area (Å²) in [4.78, 5) is 23.7. The topological polar surface area (TPSA) is 126 Å². The van der Waals surface area contributed by atoms with Crippen molar-refractivity contribution in [1.29, 1.82) is 0 Å². The molecule has 2 aromatic carbocycles. The zero-order valence-electron chi connectivity index (χ0n) is 17.6. The number of carbonyl (C=O) groups is 2. The van der Waals surface area contributed by atoms with Crippen LogP contribution in [0, 0.1) is 0 Å². The summed E-state index contributed by atoms with van der Waals surface area (Å²) < 4.78 is 17.2. The van der Waals surface area contributed by atoms with E-state index >= 15 is 0 Å². The van der Waals surface area contributed by atoms with E-state index in [0.717, 1.165) is 4.47 Å². The van der Waals surface area contributed by atoms with Crippen molar-refractivity contribution in [1.82, 2.24) is 5.48 Å². The van der Waals surface area contributed by atoms with Crippen LogP contribution in [0.5, 0.6) is 11.5 Å². The number of allylic oxidation sites excluding steroid dienone is 1. The van der Waals surface area contributed by atoms with Gasteiger partial charge in [-0.25, -0.2) is 10.3 Å². The smallest absolute Gasteiger partial charge is 0.412 e. The van der Waals surface area contributed by atoms with Crippen molar-refractivity contribution in [2.24, 2.45) is 0 Å². The maximum absolute atomic E-state index is 12.6. The Balaban J connectivity index is 2.21. The Hall–Kier alpha value is -3.08. The van der Waals surface area contributed by atoms with Gasteiger partial charge in [-0.3, -0.25) is 15.3 Å². The Morgan fingerprint density at radius 1 is 1.16 bits per heavy atom. The van der Waals surface area contributed by atoms with Crippen LogP contribution in [-0.2, 0) is 14.3 Å². The molecule has 0 unspecified atom stereocenters. The molecule has 172 valence electrons. The Labute approximate surface area is 194 Å². The lowest BCUT2D eigenvalue weighted by Crippen LogP contribution is -2.28. The standard InChI is InChI=1S/C22H25BrN2O7/c1-30-18-12-7-14(13-17(18)26)21(19(31-2)5-3-4-6-20(27)25-29)32-22(28)24-16-10-8-15(23)9-11-16/h4,6-13,19,21,26,29H,3,5H2,1-2H3,(H,24,28)(H,25,27)/b6-4+/t19-,21-/m0/s1. The van der Waals surface area contributed by atoms with Crippen LogP contribution in [0.1, 0.15) is 24.5 Å². The molecule has 9 nitrogen and oxygen atoms in total. The van der Waals surface area contributed by atoms with Gasteiger partial charge in [0.25, 0.3) is 5.91 Å². The van der Waals surface area contributed by atoms with Gasteiger partial charge < -0.3 is 19.3 Å². The fraction of sp³-hybridized carbons (Fsp3) is 0.273. The molecule has 0 aliphatic heterocycles. The third-order valence-corrected chi connectivity index (χ3v) is 5.02. The number of rotatable bonds is 10. The highest BCUT2D eigenvalue weighted by Crippen LogP contribution is 2.33. The summed E-state index contributed by atoms with van der Waals surface area (Å²) in [6.07, 6.45) is 1.36. The summed E-state index contributed by atoms with van der Waals surface area (Å²) in [6.45, 7) is 0. The number of halogens is 1. The predicted octanol–water partition coefficient (Wildman–Crippen LogP) is 4.31. The van der Waals surface area contributed by atoms with E-state index in [2.05, 4.69) is 21.2 Å². The lowest BCUT2D eigenvalue weighted by molar-refractivity contribution is -0.124. The minimum absolute atomic E-state index is 0.110. The first-order valence-electron chi connectivity index (χ1n) is 9.61. The Morgan fingerprint density at radius 3 is 2.47 bits per heavy atom. The molecule has 0 spiro atoms. The number of phenolic OH excluding ortho intramolecular Hbond substituents is 1. The van der Waals surface area contributed by atoms with Crippen molar-refractivity contribution in [3.8, 4) is 11.5 Å². The molecule has 0 saturated carbocycles. The molecule has 0 radical (unpaired) electrons. The molecule has 0 aliphatic rings. The number of nitrogens with one attached hydrogen (secondary N) is 2. The van der Waals surface area contributed by atoms with Gasteiger partial charge in [0.1, 0.15) is 0 Å². The van der Waals surface area contributed by atoms with E-state index in [-0.39, 0.29) is 11.5 Å². The molecular weight excluding hydrogens is 484 g/mol. The Morgan fingerprint density at radius 2 is 1.88 bits per heavy atom. The van der Waals surface area contributed by atoms with Crippen molar-refractivity contribution in [3.63, 3.8) is 0 Å². The van der Waals surface area contributed by atoms with Crippen LogP contribution in [-0.4, -0.2) is 42.6 Å². The zero-order chi connectivity index (χ0) is 23.5. The Kier molecular flexibility index (Phi) is 9.99. The number of hydroxylamine groups is 1. The first kappa shape index (κ1) is 25.2. The summed E-state index contributed by atoms with van der Waals surface area (Å²) >= 11 is 3.33. The van der Waals surface area contributed by atoms with Crippen molar-refractivity contribution in [3.05, 3.63) is 64.7 Å². The summed E-state index contributed by atoms with van der Waals surface area (Å²) in [5.41, 5.74) is 2.55. The highest BCUT2D eigenvalue weighted by atomic mass is 79.9. The molecular formula is C22H25BrN2O7. The largest absolute Gasteiger partial charge is 0.504 e. The molecule has 2 aromatic rings. The SMILES string of the molecule is COc1ccc([C@H](OC(=O)Nc2ccc(Br)cc2)[C@H](CC/C=C/C(=O)NO)OC)cc1O. The van der Waals surface area contributed by atoms with Crippen molar-refractivity contribution in [2.75, 3.05) is 19.5 Å². The summed E-state index contributed by atoms with van der Waals surface area (Å²) in [5.74, 6) is -0.485. The first-order chi connectivity index (χ1) is 15.4. The third-order valence-electron chi connectivity index (χ3n) is 4.49. The molecule has 0 bridgehead atoms. The number of anilines is 1. The summed E-state index contributed by atoms with van der Waals surface area (Å²) in [6, 6.07) is 11.7. The van der Waals surface area contributed by atoms with Gasteiger partial charge in [0, 0.05) is 23.3 Å². The van der Waals surface area contributed by atoms with Crippen molar-refractivity contribution in [2.45, 2.75) is 25.0 Å². The number of aromatic hydroxyl groups is 1. The highest BCUT2D eigenvalue weighted by molar-refractivity contribution is 9.10. The molecule has 32 heavy (non-hydrogen) atoms. The van der Waals surface area contributed by atoms with E-state index in [1.165, 1.54) is 31.8 Å². The summed E-state index contributed by atoms with van der Waals surface area (Å²) in [7, 11) is 2.91. The van der Waals surface area contributed by atoms with Crippen LogP contribution in [0.4, 0.5) is 10.5 Å². The lowest BCUT2D eigenvalue weighted by atomic mass is 9.99. The van der Waals surface area contributed by atoms with Crippen LogP contribution in [0.25, 0.3) is 0 Å². The second-order valence-corrected chi connectivity index (χ2v) is 7.53. The molecule has 2 atom stereocenters. The quantitative estimate of drug-likeness (QED) is 0.214. The van der Waals surface area contributed by atoms with Gasteiger partial charge in [-0.1, -0.05) is 28.1 Å². The molecule has 0 heterocycles. The maximum Gasteiger partial charge on any atom is 0.412 e. The van der Waals surface area contributed by atoms with Crippen molar-refractivity contribution < 1.29 is 34.1 Å². The van der Waals surface area contributed by atoms with E-state index in [1.54, 1.807) is 42.5 Å². The minimum atomic E-state index is -0.868. The Bertz CT molecular complexity index is 934. The number of benzene rings is 2. The van der Waals surface area contributed by atoms with Crippen molar-refractivity contribution >= 4 is 33.6 Å². The number of hydrogen-bond acceptors (Lipinski definition) is 7. The second-order valence-electron chi connectivity index (χ2n) is 6.62. The zero-order valence-corrected chi connectivity index (χ0v) is 19.2. The third kappa shape index (κ3) is 7.56.